The first-order chi connectivity index (χ1) is 16.7. The number of hydrogen-bond donors (Lipinski definition) is 5. The van der Waals surface area contributed by atoms with Crippen LogP contribution in [0.3, 0.4) is 0 Å². The van der Waals surface area contributed by atoms with E-state index in [1.54, 1.807) is 27.9 Å². The summed E-state index contributed by atoms with van der Waals surface area (Å²) in [7, 11) is 1.54. The van der Waals surface area contributed by atoms with E-state index in [1.165, 1.54) is 0 Å². The van der Waals surface area contributed by atoms with Crippen LogP contribution in [0.2, 0.25) is 0 Å². The normalized spacial score (nSPS) is 13.7. The highest BCUT2D eigenvalue weighted by Gasteiger charge is 2.43. The Morgan fingerprint density at radius 1 is 0.806 bits per heavy atom. The minimum atomic E-state index is -1.43. The third-order valence-corrected chi connectivity index (χ3v) is 4.40. The zero-order valence-corrected chi connectivity index (χ0v) is 23.1. The van der Waals surface area contributed by atoms with Gasteiger partial charge in [0.25, 0.3) is 0 Å². The van der Waals surface area contributed by atoms with E-state index in [9.17, 15) is 14.4 Å². The first-order valence-corrected chi connectivity index (χ1v) is 12.3. The fourth-order valence-electron chi connectivity index (χ4n) is 2.92. The predicted molar refractivity (Wildman–Crippen MR) is 136 cm³/mol. The van der Waals surface area contributed by atoms with Crippen LogP contribution in [-0.2, 0) is 33.3 Å². The lowest BCUT2D eigenvalue weighted by Gasteiger charge is -2.35. The maximum Gasteiger partial charge on any atom is 0.329 e. The zero-order valence-electron chi connectivity index (χ0n) is 23.1. The van der Waals surface area contributed by atoms with Gasteiger partial charge >= 0.3 is 11.9 Å². The van der Waals surface area contributed by atoms with Crippen LogP contribution in [0.4, 0.5) is 0 Å². The number of amides is 1. The van der Waals surface area contributed by atoms with Gasteiger partial charge in [0.15, 0.2) is 0 Å². The van der Waals surface area contributed by atoms with Crippen LogP contribution in [0.15, 0.2) is 0 Å². The first-order valence-electron chi connectivity index (χ1n) is 12.3. The second-order valence-corrected chi connectivity index (χ2v) is 10.3. The summed E-state index contributed by atoms with van der Waals surface area (Å²) in [6.45, 7) is 13.1. The van der Waals surface area contributed by atoms with E-state index in [-0.39, 0.29) is 45.3 Å². The average molecular weight is 521 g/mol. The zero-order chi connectivity index (χ0) is 27.7. The van der Waals surface area contributed by atoms with Crippen LogP contribution in [0.5, 0.6) is 0 Å². The lowest BCUT2D eigenvalue weighted by molar-refractivity contribution is -0.168. The van der Waals surface area contributed by atoms with Crippen LogP contribution in [0, 0.1) is 0 Å². The molecule has 0 heterocycles. The summed E-state index contributed by atoms with van der Waals surface area (Å²) >= 11 is 0. The molecular formula is C24H48N4O8. The second kappa shape index (κ2) is 17.6. The average Bonchev–Trinajstić information content (AvgIpc) is 2.74. The van der Waals surface area contributed by atoms with E-state index in [4.69, 9.17) is 24.1 Å². The van der Waals surface area contributed by atoms with Crippen LogP contribution in [-0.4, -0.2) is 112 Å². The van der Waals surface area contributed by atoms with Crippen molar-refractivity contribution >= 4 is 17.8 Å². The third kappa shape index (κ3) is 17.6. The van der Waals surface area contributed by atoms with Crippen molar-refractivity contribution in [1.82, 2.24) is 21.3 Å². The summed E-state index contributed by atoms with van der Waals surface area (Å²) in [5, 5.41) is 21.0. The smallest absolute Gasteiger partial charge is 0.329 e. The van der Waals surface area contributed by atoms with E-state index in [0.29, 0.717) is 32.8 Å². The number of ether oxygens (including phenoxy) is 4. The Kier molecular flexibility index (Phi) is 16.7. The molecule has 0 spiro atoms. The van der Waals surface area contributed by atoms with Crippen molar-refractivity contribution < 1.29 is 38.4 Å². The van der Waals surface area contributed by atoms with E-state index in [0.717, 1.165) is 0 Å². The minimum absolute atomic E-state index is 0.0750. The van der Waals surface area contributed by atoms with Crippen molar-refractivity contribution in [2.45, 2.75) is 64.7 Å². The number of methoxy groups -OCH3 is 1. The fraction of sp³-hybridized carbons (Fsp3) is 0.875. The van der Waals surface area contributed by atoms with E-state index < -0.39 is 28.6 Å². The molecule has 1 unspecified atom stereocenters. The van der Waals surface area contributed by atoms with Crippen LogP contribution >= 0.6 is 0 Å². The summed E-state index contributed by atoms with van der Waals surface area (Å²) in [4.78, 5) is 37.5. The highest BCUT2D eigenvalue weighted by Crippen LogP contribution is 2.19. The number of aliphatic hydroxyl groups is 1. The molecule has 0 saturated carbocycles. The Bertz CT molecular complexity index is 649. The molecule has 0 bridgehead atoms. The number of aliphatic hydroxyl groups excluding tert-OH is 1. The predicted octanol–water partition coefficient (Wildman–Crippen LogP) is -0.661. The van der Waals surface area contributed by atoms with Gasteiger partial charge in [-0.05, 0) is 41.5 Å². The van der Waals surface area contributed by atoms with Gasteiger partial charge in [-0.3, -0.25) is 14.9 Å². The third-order valence-electron chi connectivity index (χ3n) is 4.40. The molecule has 0 aliphatic rings. The van der Waals surface area contributed by atoms with Crippen molar-refractivity contribution in [3.63, 3.8) is 0 Å². The van der Waals surface area contributed by atoms with Gasteiger partial charge in [-0.25, -0.2) is 4.79 Å². The van der Waals surface area contributed by atoms with E-state index >= 15 is 0 Å². The number of carbonyl (C=O) groups is 3. The molecular weight excluding hydrogens is 472 g/mol. The lowest BCUT2D eigenvalue weighted by atomic mass is 9.94. The topological polar surface area (TPSA) is 156 Å². The lowest BCUT2D eigenvalue weighted by Crippen LogP contribution is -2.61. The first kappa shape index (κ1) is 34.2. The van der Waals surface area contributed by atoms with Crippen molar-refractivity contribution in [2.75, 3.05) is 72.8 Å². The molecule has 12 nitrogen and oxygen atoms in total. The molecule has 12 heteroatoms. The quantitative estimate of drug-likeness (QED) is 0.109. The van der Waals surface area contributed by atoms with Gasteiger partial charge < -0.3 is 40.0 Å². The molecule has 36 heavy (non-hydrogen) atoms. The molecule has 0 aromatic carbocycles. The van der Waals surface area contributed by atoms with Crippen LogP contribution in [0.1, 0.15) is 48.0 Å². The van der Waals surface area contributed by atoms with Crippen LogP contribution < -0.4 is 21.3 Å². The van der Waals surface area contributed by atoms with E-state index in [1.807, 2.05) is 20.8 Å². The summed E-state index contributed by atoms with van der Waals surface area (Å²) in [5.41, 5.74) is -2.72. The van der Waals surface area contributed by atoms with Gasteiger partial charge in [0, 0.05) is 39.8 Å². The van der Waals surface area contributed by atoms with Gasteiger partial charge in [-0.2, -0.15) is 0 Å². The van der Waals surface area contributed by atoms with Crippen molar-refractivity contribution in [1.29, 1.82) is 0 Å². The molecule has 1 atom stereocenters. The molecule has 0 aromatic rings. The number of carbonyl (C=O) groups excluding carboxylic acids is 3. The SMILES string of the molecule is COCCOCC(CC(=O)NCCO)(NCCNCCNCC(=O)OC(C)(C)C)C(=O)OC(C)(C)C. The Hall–Kier alpha value is -1.83. The van der Waals surface area contributed by atoms with Gasteiger partial charge in [0.2, 0.25) is 5.91 Å². The standard InChI is InChI=1S/C24H48N4O8/c1-22(2,3)35-20(31)17-26-9-8-25-10-11-28-24(18-34-15-14-33-7,16-19(30)27-12-13-29)21(32)36-23(4,5)6/h25-26,28-29H,8-18H2,1-7H3,(H,27,30). The van der Waals surface area contributed by atoms with Crippen molar-refractivity contribution in [2.24, 2.45) is 0 Å². The molecule has 212 valence electrons. The van der Waals surface area contributed by atoms with Crippen molar-refractivity contribution in [3.05, 3.63) is 0 Å². The number of hydrogen-bond acceptors (Lipinski definition) is 11. The maximum absolute atomic E-state index is 13.2. The second-order valence-electron chi connectivity index (χ2n) is 10.3. The Morgan fingerprint density at radius 3 is 2.00 bits per heavy atom. The summed E-state index contributed by atoms with van der Waals surface area (Å²) in [6, 6.07) is 0. The largest absolute Gasteiger partial charge is 0.459 e. The number of nitrogens with one attached hydrogen (secondary N) is 4. The maximum atomic E-state index is 13.2. The molecule has 0 fully saturated rings. The van der Waals surface area contributed by atoms with Crippen LogP contribution in [0.25, 0.3) is 0 Å². The van der Waals surface area contributed by atoms with Crippen molar-refractivity contribution in [3.8, 4) is 0 Å². The van der Waals surface area contributed by atoms with Gasteiger partial charge in [0.05, 0.1) is 39.4 Å². The molecule has 0 radical (unpaired) electrons. The molecule has 0 aliphatic carbocycles. The number of rotatable bonds is 19. The molecule has 1 amide bonds. The fourth-order valence-corrected chi connectivity index (χ4v) is 2.92. The summed E-state index contributed by atoms with van der Waals surface area (Å²) in [5.74, 6) is -1.35. The Morgan fingerprint density at radius 2 is 1.42 bits per heavy atom. The monoisotopic (exact) mass is 520 g/mol. The van der Waals surface area contributed by atoms with Gasteiger partial charge in [0.1, 0.15) is 16.7 Å². The van der Waals surface area contributed by atoms with Gasteiger partial charge in [-0.15, -0.1) is 0 Å². The molecule has 5 N–H and O–H groups in total. The molecule has 0 aromatic heterocycles. The highest BCUT2D eigenvalue weighted by atomic mass is 16.6. The molecule has 0 aliphatic heterocycles. The van der Waals surface area contributed by atoms with Gasteiger partial charge in [-0.1, -0.05) is 0 Å². The Balaban J connectivity index is 4.97. The summed E-state index contributed by atoms with van der Waals surface area (Å²) < 4.78 is 21.5. The minimum Gasteiger partial charge on any atom is -0.459 e. The summed E-state index contributed by atoms with van der Waals surface area (Å²) in [6.07, 6.45) is -0.230. The van der Waals surface area contributed by atoms with E-state index in [2.05, 4.69) is 21.3 Å². The molecule has 0 rings (SSSR count). The Labute approximate surface area is 215 Å². The number of esters is 2. The highest BCUT2D eigenvalue weighted by molar-refractivity contribution is 5.89. The molecule has 0 saturated heterocycles.